The molecule has 0 radical (unpaired) electrons. The number of carbonyl (C=O) groups excluding carboxylic acids is 1. The van der Waals surface area contributed by atoms with Crippen molar-refractivity contribution in [1.29, 1.82) is 0 Å². The highest BCUT2D eigenvalue weighted by Gasteiger charge is 2.48. The highest BCUT2D eigenvalue weighted by molar-refractivity contribution is 5.83. The van der Waals surface area contributed by atoms with Crippen LogP contribution in [0, 0.1) is 24.5 Å². The largest absolute Gasteiger partial charge is 0.444 e. The lowest BCUT2D eigenvalue weighted by Crippen LogP contribution is -2.59. The number of likely N-dealkylation sites (tertiary alicyclic amines) is 2. The molecule has 4 aromatic rings. The van der Waals surface area contributed by atoms with Gasteiger partial charge in [0, 0.05) is 67.4 Å². The molecule has 6 rings (SSSR count). The second kappa shape index (κ2) is 10.9. The summed E-state index contributed by atoms with van der Waals surface area (Å²) in [5, 5.41) is 0. The van der Waals surface area contributed by atoms with Gasteiger partial charge in [-0.05, 0) is 65.3 Å². The number of imidazole rings is 1. The van der Waals surface area contributed by atoms with E-state index in [1.165, 1.54) is 6.07 Å². The van der Waals surface area contributed by atoms with Gasteiger partial charge in [-0.25, -0.2) is 28.5 Å². The standard InChI is InChI=1S/C32H37F2N7O2/c1-18(2)41-19(3)38-30-25(33)7-21(8-27(30)41)24-9-23(35-13-26(24)34)10-29-36-11-20(12-37-29)14-39-15-22-16-40(28(22)17-39)31(42)43-32(4,5)6/h7-9,11-13,18,22,28H,10,14-17H2,1-6H3/t22-,28-/m1/s1. The summed E-state index contributed by atoms with van der Waals surface area (Å²) in [6.45, 7) is 14.6. The number of halogens is 2. The summed E-state index contributed by atoms with van der Waals surface area (Å²) in [7, 11) is 0. The minimum Gasteiger partial charge on any atom is -0.444 e. The number of hydrogen-bond donors (Lipinski definition) is 0. The number of pyridine rings is 1. The molecule has 5 heterocycles. The first-order valence-corrected chi connectivity index (χ1v) is 14.7. The molecule has 2 saturated heterocycles. The Bertz CT molecular complexity index is 1680. The van der Waals surface area contributed by atoms with Crippen LogP contribution >= 0.6 is 0 Å². The molecule has 0 bridgehead atoms. The molecule has 0 saturated carbocycles. The van der Waals surface area contributed by atoms with Crippen LogP contribution in [0.15, 0.2) is 36.8 Å². The molecule has 1 aromatic carbocycles. The maximum atomic E-state index is 15.1. The average Bonchev–Trinajstić information content (AvgIpc) is 3.41. The van der Waals surface area contributed by atoms with Gasteiger partial charge in [-0.2, -0.15) is 0 Å². The van der Waals surface area contributed by atoms with Crippen LogP contribution in [0.1, 0.15) is 63.6 Å². The SMILES string of the molecule is Cc1nc2c(F)cc(-c3cc(Cc4ncc(CN5C[C@@H]6CN(C(=O)OC(C)(C)C)[C@@H]6C5)cn4)ncc3F)cc2n1C(C)C. The first kappa shape index (κ1) is 29.1. The van der Waals surface area contributed by atoms with Gasteiger partial charge in [-0.15, -0.1) is 0 Å². The number of benzene rings is 1. The summed E-state index contributed by atoms with van der Waals surface area (Å²) in [6, 6.07) is 4.99. The van der Waals surface area contributed by atoms with Gasteiger partial charge in [0.25, 0.3) is 0 Å². The van der Waals surface area contributed by atoms with Crippen molar-refractivity contribution in [2.45, 2.75) is 72.2 Å². The monoisotopic (exact) mass is 589 g/mol. The molecule has 9 nitrogen and oxygen atoms in total. The lowest BCUT2D eigenvalue weighted by molar-refractivity contribution is -0.0164. The van der Waals surface area contributed by atoms with E-state index in [1.807, 2.05) is 51.0 Å². The Morgan fingerprint density at radius 1 is 1.02 bits per heavy atom. The highest BCUT2D eigenvalue weighted by Crippen LogP contribution is 2.34. The smallest absolute Gasteiger partial charge is 0.410 e. The van der Waals surface area contributed by atoms with Gasteiger partial charge in [0.1, 0.15) is 28.6 Å². The molecular formula is C32H37F2N7O2. The van der Waals surface area contributed by atoms with Gasteiger partial charge in [0.05, 0.1) is 24.2 Å². The van der Waals surface area contributed by atoms with Crippen LogP contribution in [0.3, 0.4) is 0 Å². The molecule has 2 atom stereocenters. The first-order chi connectivity index (χ1) is 20.4. The molecular weight excluding hydrogens is 552 g/mol. The number of nitrogens with zero attached hydrogens (tertiary/aromatic N) is 7. The molecule has 1 amide bonds. The number of amides is 1. The maximum Gasteiger partial charge on any atom is 0.410 e. The molecule has 0 unspecified atom stereocenters. The summed E-state index contributed by atoms with van der Waals surface area (Å²) in [4.78, 5) is 34.3. The highest BCUT2D eigenvalue weighted by atomic mass is 19.1. The normalized spacial score (nSPS) is 18.8. The van der Waals surface area contributed by atoms with Crippen molar-refractivity contribution in [1.82, 2.24) is 34.3 Å². The average molecular weight is 590 g/mol. The molecule has 2 aliphatic rings. The second-order valence-electron chi connectivity index (χ2n) is 12.9. The van der Waals surface area contributed by atoms with Crippen molar-refractivity contribution in [3.63, 3.8) is 0 Å². The molecule has 43 heavy (non-hydrogen) atoms. The number of fused-ring (bicyclic) bond motifs is 2. The Kier molecular flexibility index (Phi) is 7.40. The Hall–Kier alpha value is -3.99. The zero-order chi connectivity index (χ0) is 30.6. The zero-order valence-corrected chi connectivity index (χ0v) is 25.4. The van der Waals surface area contributed by atoms with Gasteiger partial charge < -0.3 is 14.2 Å². The van der Waals surface area contributed by atoms with Crippen molar-refractivity contribution >= 4 is 17.1 Å². The predicted molar refractivity (Wildman–Crippen MR) is 158 cm³/mol. The Labute approximate surface area is 249 Å². The number of aryl methyl sites for hydroxylation is 1. The van der Waals surface area contributed by atoms with Crippen LogP contribution < -0.4 is 0 Å². The van der Waals surface area contributed by atoms with E-state index in [0.29, 0.717) is 47.3 Å². The fourth-order valence-electron chi connectivity index (χ4n) is 6.23. The maximum absolute atomic E-state index is 15.1. The lowest BCUT2D eigenvalue weighted by Gasteiger charge is -2.43. The molecule has 0 N–H and O–H groups in total. The van der Waals surface area contributed by atoms with E-state index >= 15 is 4.39 Å². The van der Waals surface area contributed by atoms with Crippen LogP contribution in [0.4, 0.5) is 13.6 Å². The van der Waals surface area contributed by atoms with Crippen molar-refractivity contribution in [2.24, 2.45) is 5.92 Å². The number of hydrogen-bond acceptors (Lipinski definition) is 7. The Morgan fingerprint density at radius 3 is 2.47 bits per heavy atom. The zero-order valence-electron chi connectivity index (χ0n) is 25.4. The second-order valence-corrected chi connectivity index (χ2v) is 12.9. The molecule has 0 aliphatic carbocycles. The summed E-state index contributed by atoms with van der Waals surface area (Å²) in [5.74, 6) is 0.695. The van der Waals surface area contributed by atoms with Crippen LogP contribution in [-0.2, 0) is 17.7 Å². The van der Waals surface area contributed by atoms with E-state index in [0.717, 1.165) is 31.4 Å². The minimum atomic E-state index is -0.532. The van der Waals surface area contributed by atoms with E-state index < -0.39 is 17.2 Å². The van der Waals surface area contributed by atoms with Crippen molar-refractivity contribution < 1.29 is 18.3 Å². The molecule has 226 valence electrons. The summed E-state index contributed by atoms with van der Waals surface area (Å²) in [5.41, 5.74) is 2.64. The number of aromatic nitrogens is 5. The van der Waals surface area contributed by atoms with Gasteiger partial charge >= 0.3 is 6.09 Å². The molecule has 2 fully saturated rings. The number of carbonyl (C=O) groups is 1. The van der Waals surface area contributed by atoms with Gasteiger partial charge in [-0.3, -0.25) is 9.88 Å². The number of rotatable bonds is 6. The van der Waals surface area contributed by atoms with E-state index in [1.54, 1.807) is 24.5 Å². The Morgan fingerprint density at radius 2 is 1.77 bits per heavy atom. The third-order valence-corrected chi connectivity index (χ3v) is 8.11. The molecule has 11 heteroatoms. The molecule has 3 aromatic heterocycles. The third kappa shape index (κ3) is 5.82. The first-order valence-electron chi connectivity index (χ1n) is 14.7. The lowest BCUT2D eigenvalue weighted by atomic mass is 9.93. The molecule has 2 aliphatic heterocycles. The van der Waals surface area contributed by atoms with Crippen LogP contribution in [-0.4, -0.2) is 71.7 Å². The van der Waals surface area contributed by atoms with Crippen molar-refractivity contribution in [3.05, 3.63) is 71.3 Å². The predicted octanol–water partition coefficient (Wildman–Crippen LogP) is 5.70. The minimum absolute atomic E-state index is 0.0742. The quantitative estimate of drug-likeness (QED) is 0.285. The van der Waals surface area contributed by atoms with Gasteiger partial charge in [0.15, 0.2) is 5.82 Å². The summed E-state index contributed by atoms with van der Waals surface area (Å²) < 4.78 is 37.5. The van der Waals surface area contributed by atoms with Crippen LogP contribution in [0.25, 0.3) is 22.2 Å². The summed E-state index contributed by atoms with van der Waals surface area (Å²) in [6.07, 6.45) is 4.83. The van der Waals surface area contributed by atoms with E-state index in [-0.39, 0.29) is 29.3 Å². The fourth-order valence-corrected chi connectivity index (χ4v) is 6.23. The number of ether oxygens (including phenoxy) is 1. The van der Waals surface area contributed by atoms with Crippen molar-refractivity contribution in [2.75, 3.05) is 19.6 Å². The Balaban J connectivity index is 1.13. The van der Waals surface area contributed by atoms with Crippen LogP contribution in [0.5, 0.6) is 0 Å². The topological polar surface area (TPSA) is 89.3 Å². The van der Waals surface area contributed by atoms with Gasteiger partial charge in [0.2, 0.25) is 0 Å². The van der Waals surface area contributed by atoms with E-state index in [2.05, 4.69) is 24.8 Å². The molecule has 0 spiro atoms. The van der Waals surface area contributed by atoms with E-state index in [9.17, 15) is 9.18 Å². The van der Waals surface area contributed by atoms with E-state index in [4.69, 9.17) is 4.74 Å². The van der Waals surface area contributed by atoms with Crippen LogP contribution in [0.2, 0.25) is 0 Å². The van der Waals surface area contributed by atoms with Gasteiger partial charge in [-0.1, -0.05) is 0 Å². The van der Waals surface area contributed by atoms with Crippen molar-refractivity contribution in [3.8, 4) is 11.1 Å². The fraction of sp³-hybridized carbons (Fsp3) is 0.469. The third-order valence-electron chi connectivity index (χ3n) is 8.11. The summed E-state index contributed by atoms with van der Waals surface area (Å²) >= 11 is 0.